The highest BCUT2D eigenvalue weighted by molar-refractivity contribution is 7.13. The summed E-state index contributed by atoms with van der Waals surface area (Å²) in [5.41, 5.74) is 6.60. The average Bonchev–Trinajstić information content (AvgIpc) is 2.51. The van der Waals surface area contributed by atoms with Crippen molar-refractivity contribution in [2.24, 2.45) is 5.73 Å². The van der Waals surface area contributed by atoms with Crippen molar-refractivity contribution in [3.05, 3.63) is 11.1 Å². The number of nitrogens with zero attached hydrogens (tertiary/aromatic N) is 2. The van der Waals surface area contributed by atoms with Crippen LogP contribution in [0.3, 0.4) is 0 Å². The molecule has 0 aromatic carbocycles. The molecule has 0 bridgehead atoms. The molecule has 0 spiro atoms. The molecule has 1 heterocycles. The van der Waals surface area contributed by atoms with E-state index < -0.39 is 0 Å². The highest BCUT2D eigenvalue weighted by Gasteiger charge is 2.11. The van der Waals surface area contributed by atoms with E-state index in [0.717, 1.165) is 23.8 Å². The molecule has 0 aliphatic rings. The predicted octanol–water partition coefficient (Wildman–Crippen LogP) is 1.63. The van der Waals surface area contributed by atoms with Crippen molar-refractivity contribution in [2.45, 2.75) is 26.3 Å². The maximum Gasteiger partial charge on any atom is 0.185 e. The van der Waals surface area contributed by atoms with E-state index in [1.165, 1.54) is 0 Å². The zero-order valence-corrected chi connectivity index (χ0v) is 9.27. The minimum atomic E-state index is 0.468. The fourth-order valence-corrected chi connectivity index (χ4v) is 2.00. The Morgan fingerprint density at radius 2 is 2.38 bits per heavy atom. The number of aryl methyl sites for hydroxylation is 1. The van der Waals surface area contributed by atoms with Crippen LogP contribution in [0.5, 0.6) is 0 Å². The van der Waals surface area contributed by atoms with Crippen molar-refractivity contribution >= 4 is 16.5 Å². The molecule has 1 aromatic rings. The summed E-state index contributed by atoms with van der Waals surface area (Å²) in [6.07, 6.45) is 1.01. The van der Waals surface area contributed by atoms with Crippen LogP contribution in [-0.2, 0) is 0 Å². The van der Waals surface area contributed by atoms with E-state index in [4.69, 9.17) is 5.73 Å². The normalized spacial score (nSPS) is 12.9. The fourth-order valence-electron chi connectivity index (χ4n) is 1.13. The third-order valence-electron chi connectivity index (χ3n) is 2.15. The summed E-state index contributed by atoms with van der Waals surface area (Å²) in [5, 5.41) is 3.15. The van der Waals surface area contributed by atoms with E-state index in [1.807, 2.05) is 6.92 Å². The van der Waals surface area contributed by atoms with Crippen LogP contribution in [-0.4, -0.2) is 24.6 Å². The summed E-state index contributed by atoms with van der Waals surface area (Å²) in [6, 6.07) is 0.468. The van der Waals surface area contributed by atoms with Crippen LogP contribution in [0.1, 0.15) is 19.0 Å². The molecule has 0 amide bonds. The zero-order chi connectivity index (χ0) is 9.84. The second-order valence-corrected chi connectivity index (χ2v) is 4.15. The van der Waals surface area contributed by atoms with Gasteiger partial charge in [0, 0.05) is 18.5 Å². The summed E-state index contributed by atoms with van der Waals surface area (Å²) in [4.78, 5) is 6.60. The number of rotatable bonds is 4. The highest BCUT2D eigenvalue weighted by atomic mass is 32.1. The molecule has 3 nitrogen and oxygen atoms in total. The third-order valence-corrected chi connectivity index (χ3v) is 3.20. The lowest BCUT2D eigenvalue weighted by Crippen LogP contribution is -2.30. The van der Waals surface area contributed by atoms with Gasteiger partial charge in [-0.05, 0) is 26.8 Å². The molecule has 0 aliphatic carbocycles. The molecule has 1 unspecified atom stereocenters. The number of nitrogens with two attached hydrogens (primary N) is 1. The Bertz CT molecular complexity index is 259. The molecule has 0 aliphatic heterocycles. The third kappa shape index (κ3) is 2.67. The number of hydrogen-bond acceptors (Lipinski definition) is 4. The van der Waals surface area contributed by atoms with Gasteiger partial charge in [0.2, 0.25) is 0 Å². The number of thiazole rings is 1. The van der Waals surface area contributed by atoms with Gasteiger partial charge in [0.25, 0.3) is 0 Å². The summed E-state index contributed by atoms with van der Waals surface area (Å²) < 4.78 is 0. The van der Waals surface area contributed by atoms with Crippen LogP contribution in [0, 0.1) is 6.92 Å². The molecular formula is C9H17N3S. The van der Waals surface area contributed by atoms with Crippen molar-refractivity contribution < 1.29 is 0 Å². The lowest BCUT2D eigenvalue weighted by molar-refractivity contribution is 0.633. The molecule has 2 N–H and O–H groups in total. The largest absolute Gasteiger partial charge is 0.348 e. The second-order valence-electron chi connectivity index (χ2n) is 3.31. The Hall–Kier alpha value is -0.610. The molecule has 1 atom stereocenters. The van der Waals surface area contributed by atoms with E-state index in [1.54, 1.807) is 11.3 Å². The quantitative estimate of drug-likeness (QED) is 0.801. The Morgan fingerprint density at radius 1 is 1.69 bits per heavy atom. The number of aromatic nitrogens is 1. The summed E-state index contributed by atoms with van der Waals surface area (Å²) in [7, 11) is 2.07. The van der Waals surface area contributed by atoms with Gasteiger partial charge >= 0.3 is 0 Å². The maximum atomic E-state index is 5.51. The smallest absolute Gasteiger partial charge is 0.185 e. The SMILES string of the molecule is Cc1csc(N(C)C(C)CCN)n1. The first-order valence-corrected chi connectivity index (χ1v) is 5.38. The molecular weight excluding hydrogens is 182 g/mol. The minimum absolute atomic E-state index is 0.468. The second kappa shape index (κ2) is 4.58. The van der Waals surface area contributed by atoms with Crippen molar-refractivity contribution in [3.8, 4) is 0 Å². The van der Waals surface area contributed by atoms with Crippen molar-refractivity contribution in [2.75, 3.05) is 18.5 Å². The van der Waals surface area contributed by atoms with E-state index in [0.29, 0.717) is 6.04 Å². The van der Waals surface area contributed by atoms with E-state index in [9.17, 15) is 0 Å². The van der Waals surface area contributed by atoms with Gasteiger partial charge in [0.05, 0.1) is 5.69 Å². The summed E-state index contributed by atoms with van der Waals surface area (Å²) in [6.45, 7) is 4.92. The topological polar surface area (TPSA) is 42.1 Å². The number of hydrogen-bond donors (Lipinski definition) is 1. The van der Waals surface area contributed by atoms with Crippen molar-refractivity contribution in [1.29, 1.82) is 0 Å². The predicted molar refractivity (Wildman–Crippen MR) is 58.4 cm³/mol. The highest BCUT2D eigenvalue weighted by Crippen LogP contribution is 2.21. The first-order chi connectivity index (χ1) is 6.15. The average molecular weight is 199 g/mol. The molecule has 1 aromatic heterocycles. The van der Waals surface area contributed by atoms with Gasteiger partial charge in [-0.15, -0.1) is 11.3 Å². The molecule has 0 saturated heterocycles. The van der Waals surface area contributed by atoms with Crippen LogP contribution in [0.25, 0.3) is 0 Å². The van der Waals surface area contributed by atoms with E-state index in [-0.39, 0.29) is 0 Å². The van der Waals surface area contributed by atoms with E-state index in [2.05, 4.69) is 29.2 Å². The van der Waals surface area contributed by atoms with Crippen molar-refractivity contribution in [1.82, 2.24) is 4.98 Å². The van der Waals surface area contributed by atoms with Gasteiger partial charge in [-0.3, -0.25) is 0 Å². The van der Waals surface area contributed by atoms with Gasteiger partial charge < -0.3 is 10.6 Å². The van der Waals surface area contributed by atoms with E-state index >= 15 is 0 Å². The van der Waals surface area contributed by atoms with Gasteiger partial charge in [0.15, 0.2) is 5.13 Å². The lowest BCUT2D eigenvalue weighted by atomic mass is 10.2. The van der Waals surface area contributed by atoms with Crippen LogP contribution in [0.2, 0.25) is 0 Å². The zero-order valence-electron chi connectivity index (χ0n) is 8.45. The van der Waals surface area contributed by atoms with Gasteiger partial charge in [0.1, 0.15) is 0 Å². The Balaban J connectivity index is 2.61. The molecule has 13 heavy (non-hydrogen) atoms. The Morgan fingerprint density at radius 3 is 2.85 bits per heavy atom. The maximum absolute atomic E-state index is 5.51. The van der Waals surface area contributed by atoms with Crippen molar-refractivity contribution in [3.63, 3.8) is 0 Å². The minimum Gasteiger partial charge on any atom is -0.348 e. The fraction of sp³-hybridized carbons (Fsp3) is 0.667. The number of anilines is 1. The summed E-state index contributed by atoms with van der Waals surface area (Å²) in [5.74, 6) is 0. The standard InChI is InChI=1S/C9H17N3S/c1-7-6-13-9(11-7)12(3)8(2)4-5-10/h6,8H,4-5,10H2,1-3H3. The molecule has 1 rings (SSSR count). The molecule has 0 fully saturated rings. The molecule has 4 heteroatoms. The Labute approximate surface area is 83.6 Å². The van der Waals surface area contributed by atoms with Crippen LogP contribution < -0.4 is 10.6 Å². The van der Waals surface area contributed by atoms with Crippen LogP contribution >= 0.6 is 11.3 Å². The van der Waals surface area contributed by atoms with Gasteiger partial charge in [-0.2, -0.15) is 0 Å². The van der Waals surface area contributed by atoms with Crippen LogP contribution in [0.4, 0.5) is 5.13 Å². The molecule has 74 valence electrons. The summed E-state index contributed by atoms with van der Waals surface area (Å²) >= 11 is 1.69. The monoisotopic (exact) mass is 199 g/mol. The Kier molecular flexibility index (Phi) is 3.69. The van der Waals surface area contributed by atoms with Gasteiger partial charge in [-0.25, -0.2) is 4.98 Å². The molecule has 0 saturated carbocycles. The lowest BCUT2D eigenvalue weighted by Gasteiger charge is -2.23. The first kappa shape index (κ1) is 10.5. The van der Waals surface area contributed by atoms with Crippen LogP contribution in [0.15, 0.2) is 5.38 Å². The van der Waals surface area contributed by atoms with Gasteiger partial charge in [-0.1, -0.05) is 0 Å². The first-order valence-electron chi connectivity index (χ1n) is 4.50. The molecule has 0 radical (unpaired) electrons.